The SMILES string of the molecule is COc1ccc(CC[C@@H](C)NC(=O)[C@@H](C)NC(=O)c2cccs2)cc1. The van der Waals surface area contributed by atoms with Crippen LogP contribution in [-0.2, 0) is 11.2 Å². The van der Waals surface area contributed by atoms with Gasteiger partial charge in [-0.05, 0) is 55.8 Å². The van der Waals surface area contributed by atoms with Crippen molar-refractivity contribution in [3.05, 3.63) is 52.2 Å². The molecule has 0 fully saturated rings. The van der Waals surface area contributed by atoms with Crippen molar-refractivity contribution in [3.63, 3.8) is 0 Å². The van der Waals surface area contributed by atoms with E-state index in [4.69, 9.17) is 4.74 Å². The van der Waals surface area contributed by atoms with E-state index < -0.39 is 6.04 Å². The van der Waals surface area contributed by atoms with Gasteiger partial charge in [-0.2, -0.15) is 0 Å². The first-order chi connectivity index (χ1) is 12.0. The third-order valence-corrected chi connectivity index (χ3v) is 4.77. The number of carbonyl (C=O) groups is 2. The van der Waals surface area contributed by atoms with Crippen molar-refractivity contribution in [1.82, 2.24) is 10.6 Å². The summed E-state index contributed by atoms with van der Waals surface area (Å²) in [7, 11) is 1.64. The zero-order valence-electron chi connectivity index (χ0n) is 14.7. The molecule has 0 spiro atoms. The number of amides is 2. The minimum Gasteiger partial charge on any atom is -0.497 e. The maximum atomic E-state index is 12.2. The minimum atomic E-state index is -0.571. The van der Waals surface area contributed by atoms with E-state index in [9.17, 15) is 9.59 Å². The second-order valence-corrected chi connectivity index (χ2v) is 6.92. The summed E-state index contributed by atoms with van der Waals surface area (Å²) in [6.07, 6.45) is 1.69. The van der Waals surface area contributed by atoms with E-state index in [0.717, 1.165) is 18.6 Å². The molecule has 2 amide bonds. The summed E-state index contributed by atoms with van der Waals surface area (Å²) in [5, 5.41) is 7.50. The minimum absolute atomic E-state index is 0.0238. The zero-order chi connectivity index (χ0) is 18.2. The van der Waals surface area contributed by atoms with Gasteiger partial charge in [0.25, 0.3) is 5.91 Å². The molecule has 1 aromatic carbocycles. The Morgan fingerprint density at radius 1 is 1.12 bits per heavy atom. The normalized spacial score (nSPS) is 12.9. The van der Waals surface area contributed by atoms with Crippen molar-refractivity contribution >= 4 is 23.2 Å². The lowest BCUT2D eigenvalue weighted by Crippen LogP contribution is -2.47. The maximum absolute atomic E-state index is 12.2. The molecule has 1 aromatic heterocycles. The van der Waals surface area contributed by atoms with E-state index in [-0.39, 0.29) is 17.9 Å². The molecular weight excluding hydrogens is 336 g/mol. The predicted molar refractivity (Wildman–Crippen MR) is 100 cm³/mol. The third kappa shape index (κ3) is 5.90. The number of aryl methyl sites for hydroxylation is 1. The first-order valence-corrected chi connectivity index (χ1v) is 9.15. The molecule has 5 nitrogen and oxygen atoms in total. The quantitative estimate of drug-likeness (QED) is 0.760. The second-order valence-electron chi connectivity index (χ2n) is 5.97. The molecule has 6 heteroatoms. The monoisotopic (exact) mass is 360 g/mol. The Labute approximate surface area is 152 Å². The van der Waals surface area contributed by atoms with Crippen molar-refractivity contribution in [2.75, 3.05) is 7.11 Å². The Morgan fingerprint density at radius 3 is 2.44 bits per heavy atom. The van der Waals surface area contributed by atoms with E-state index in [1.807, 2.05) is 42.6 Å². The van der Waals surface area contributed by atoms with Crippen LogP contribution in [0, 0.1) is 0 Å². The van der Waals surface area contributed by atoms with Crippen LogP contribution in [0.1, 0.15) is 35.5 Å². The van der Waals surface area contributed by atoms with Crippen LogP contribution in [0.2, 0.25) is 0 Å². The highest BCUT2D eigenvalue weighted by atomic mass is 32.1. The van der Waals surface area contributed by atoms with Crippen molar-refractivity contribution in [1.29, 1.82) is 0 Å². The molecule has 0 aliphatic rings. The Hall–Kier alpha value is -2.34. The largest absolute Gasteiger partial charge is 0.497 e. The summed E-state index contributed by atoms with van der Waals surface area (Å²) in [6, 6.07) is 10.9. The molecule has 2 rings (SSSR count). The van der Waals surface area contributed by atoms with E-state index in [1.54, 1.807) is 20.1 Å². The molecule has 0 saturated heterocycles. The van der Waals surface area contributed by atoms with E-state index in [0.29, 0.717) is 4.88 Å². The molecule has 0 unspecified atom stereocenters. The average Bonchev–Trinajstić information content (AvgIpc) is 3.15. The van der Waals surface area contributed by atoms with Crippen molar-refractivity contribution < 1.29 is 14.3 Å². The van der Waals surface area contributed by atoms with Gasteiger partial charge >= 0.3 is 0 Å². The number of carbonyl (C=O) groups excluding carboxylic acids is 2. The molecule has 2 atom stereocenters. The lowest BCUT2D eigenvalue weighted by molar-refractivity contribution is -0.123. The van der Waals surface area contributed by atoms with Gasteiger partial charge in [-0.15, -0.1) is 11.3 Å². The van der Waals surface area contributed by atoms with Crippen LogP contribution in [0.25, 0.3) is 0 Å². The van der Waals surface area contributed by atoms with Crippen molar-refractivity contribution in [2.24, 2.45) is 0 Å². The first-order valence-electron chi connectivity index (χ1n) is 8.27. The molecule has 0 aliphatic carbocycles. The van der Waals surface area contributed by atoms with Crippen LogP contribution in [0.3, 0.4) is 0 Å². The summed E-state index contributed by atoms with van der Waals surface area (Å²) in [4.78, 5) is 24.8. The number of thiophene rings is 1. The van der Waals surface area contributed by atoms with Gasteiger partial charge in [-0.25, -0.2) is 0 Å². The standard InChI is InChI=1S/C19H24N2O3S/c1-13(6-7-15-8-10-16(24-3)11-9-15)20-18(22)14(2)21-19(23)17-5-4-12-25-17/h4-5,8-14H,6-7H2,1-3H3,(H,20,22)(H,21,23)/t13-,14-/m1/s1. The Kier molecular flexibility index (Phi) is 7.01. The second kappa shape index (κ2) is 9.22. The molecule has 1 heterocycles. The Bertz CT molecular complexity index is 683. The third-order valence-electron chi connectivity index (χ3n) is 3.90. The Balaban J connectivity index is 1.75. The summed E-state index contributed by atoms with van der Waals surface area (Å²) in [6.45, 7) is 3.66. The highest BCUT2D eigenvalue weighted by molar-refractivity contribution is 7.12. The fourth-order valence-electron chi connectivity index (χ4n) is 2.36. The van der Waals surface area contributed by atoms with Crippen molar-refractivity contribution in [2.45, 2.75) is 38.8 Å². The zero-order valence-corrected chi connectivity index (χ0v) is 15.6. The van der Waals surface area contributed by atoms with Gasteiger partial charge in [-0.3, -0.25) is 9.59 Å². The predicted octanol–water partition coefficient (Wildman–Crippen LogP) is 3.01. The van der Waals surface area contributed by atoms with Crippen LogP contribution < -0.4 is 15.4 Å². The topological polar surface area (TPSA) is 67.4 Å². The number of methoxy groups -OCH3 is 1. The van der Waals surface area contributed by atoms with Crippen molar-refractivity contribution in [3.8, 4) is 5.75 Å². The van der Waals surface area contributed by atoms with Crippen LogP contribution in [0.15, 0.2) is 41.8 Å². The molecule has 0 saturated carbocycles. The molecule has 0 radical (unpaired) electrons. The van der Waals surface area contributed by atoms with Gasteiger partial charge in [0.15, 0.2) is 0 Å². The molecule has 2 aromatic rings. The lowest BCUT2D eigenvalue weighted by Gasteiger charge is -2.18. The van der Waals surface area contributed by atoms with Gasteiger partial charge in [0.1, 0.15) is 11.8 Å². The number of benzene rings is 1. The molecule has 134 valence electrons. The molecule has 2 N–H and O–H groups in total. The van der Waals surface area contributed by atoms with Crippen LogP contribution >= 0.6 is 11.3 Å². The molecule has 0 bridgehead atoms. The number of ether oxygens (including phenoxy) is 1. The molecule has 25 heavy (non-hydrogen) atoms. The van der Waals surface area contributed by atoms with Gasteiger partial charge < -0.3 is 15.4 Å². The summed E-state index contributed by atoms with van der Waals surface area (Å²) in [5.41, 5.74) is 1.20. The summed E-state index contributed by atoms with van der Waals surface area (Å²) >= 11 is 1.35. The van der Waals surface area contributed by atoms with Gasteiger partial charge in [-0.1, -0.05) is 18.2 Å². The smallest absolute Gasteiger partial charge is 0.261 e. The number of hydrogen-bond acceptors (Lipinski definition) is 4. The first kappa shape index (κ1) is 19.0. The van der Waals surface area contributed by atoms with E-state index in [2.05, 4.69) is 10.6 Å². The molecular formula is C19H24N2O3S. The van der Waals surface area contributed by atoms with E-state index in [1.165, 1.54) is 16.9 Å². The highest BCUT2D eigenvalue weighted by Gasteiger charge is 2.18. The van der Waals surface area contributed by atoms with Gasteiger partial charge in [0.2, 0.25) is 5.91 Å². The van der Waals surface area contributed by atoms with Gasteiger partial charge in [0.05, 0.1) is 12.0 Å². The fraction of sp³-hybridized carbons (Fsp3) is 0.368. The number of nitrogens with one attached hydrogen (secondary N) is 2. The Morgan fingerprint density at radius 2 is 1.84 bits per heavy atom. The lowest BCUT2D eigenvalue weighted by atomic mass is 10.1. The number of hydrogen-bond donors (Lipinski definition) is 2. The van der Waals surface area contributed by atoms with Crippen LogP contribution in [0.5, 0.6) is 5.75 Å². The fourth-order valence-corrected chi connectivity index (χ4v) is 2.98. The number of rotatable bonds is 8. The summed E-state index contributed by atoms with van der Waals surface area (Å²) < 4.78 is 5.14. The maximum Gasteiger partial charge on any atom is 0.261 e. The average molecular weight is 360 g/mol. The van der Waals surface area contributed by atoms with Crippen LogP contribution in [-0.4, -0.2) is 31.0 Å². The molecule has 0 aliphatic heterocycles. The summed E-state index contributed by atoms with van der Waals surface area (Å²) in [5.74, 6) is 0.441. The van der Waals surface area contributed by atoms with E-state index >= 15 is 0 Å². The van der Waals surface area contributed by atoms with Crippen LogP contribution in [0.4, 0.5) is 0 Å². The highest BCUT2D eigenvalue weighted by Crippen LogP contribution is 2.13. The van der Waals surface area contributed by atoms with Gasteiger partial charge in [0, 0.05) is 6.04 Å².